The summed E-state index contributed by atoms with van der Waals surface area (Å²) in [4.78, 5) is 25.1. The highest BCUT2D eigenvalue weighted by Crippen LogP contribution is 2.25. The van der Waals surface area contributed by atoms with Crippen molar-refractivity contribution in [1.29, 1.82) is 0 Å². The second-order valence-electron chi connectivity index (χ2n) is 7.22. The Hall–Kier alpha value is -1.98. The fraction of sp³-hybridized carbons (Fsp3) is 0.368. The van der Waals surface area contributed by atoms with Crippen LogP contribution in [0.3, 0.4) is 0 Å². The maximum Gasteiger partial charge on any atom is 0.272 e. The molecule has 0 bridgehead atoms. The van der Waals surface area contributed by atoms with Crippen LogP contribution in [0.1, 0.15) is 25.8 Å². The van der Waals surface area contributed by atoms with Crippen molar-refractivity contribution in [2.75, 3.05) is 0 Å². The number of aromatic hydroxyl groups is 1. The number of carbonyl (C=O) groups excluding carboxylic acids is 2. The van der Waals surface area contributed by atoms with Crippen molar-refractivity contribution >= 4 is 44.7 Å². The van der Waals surface area contributed by atoms with E-state index in [1.165, 1.54) is 23.6 Å². The van der Waals surface area contributed by atoms with Crippen LogP contribution in [-0.2, 0) is 25.9 Å². The number of nitrogens with one attached hydrogen (secondary N) is 1. The fourth-order valence-electron chi connectivity index (χ4n) is 2.55. The van der Waals surface area contributed by atoms with E-state index < -0.39 is 33.8 Å². The van der Waals surface area contributed by atoms with Gasteiger partial charge in [0.2, 0.25) is 5.91 Å². The molecule has 164 valence electrons. The Morgan fingerprint density at radius 3 is 2.40 bits per heavy atom. The van der Waals surface area contributed by atoms with Gasteiger partial charge >= 0.3 is 0 Å². The lowest BCUT2D eigenvalue weighted by Crippen LogP contribution is -2.45. The van der Waals surface area contributed by atoms with Crippen LogP contribution in [0.25, 0.3) is 0 Å². The first-order valence-corrected chi connectivity index (χ1v) is 11.9. The molecule has 0 aliphatic carbocycles. The Balaban J connectivity index is 2.27. The Morgan fingerprint density at radius 1 is 1.23 bits per heavy atom. The van der Waals surface area contributed by atoms with Crippen LogP contribution in [-0.4, -0.2) is 33.2 Å². The standard InChI is InChI=1S/C19H25ClN4O4S2/c1-11(2)7-15(21)18(26)23-30(28,17-9-13(20)10-29-17)24-19(27)16(22)8-12-3-5-14(25)6-4-12/h3-6,9-11,15-16,25H,7-8,21-22H2,1-2H3,(H,23,24,26,27,28)/t15?,16-,30?/m0/s1. The molecule has 3 atom stereocenters. The summed E-state index contributed by atoms with van der Waals surface area (Å²) in [5.41, 5.74) is 12.5. The first-order valence-electron chi connectivity index (χ1n) is 9.16. The number of nitrogens with two attached hydrogens (primary N) is 2. The smallest absolute Gasteiger partial charge is 0.272 e. The quantitative estimate of drug-likeness (QED) is 0.463. The molecule has 0 aliphatic rings. The highest BCUT2D eigenvalue weighted by Gasteiger charge is 2.26. The van der Waals surface area contributed by atoms with Gasteiger partial charge < -0.3 is 16.6 Å². The summed E-state index contributed by atoms with van der Waals surface area (Å²) in [6.45, 7) is 3.79. The second-order valence-corrected chi connectivity index (χ2v) is 10.7. The van der Waals surface area contributed by atoms with E-state index in [0.29, 0.717) is 17.0 Å². The van der Waals surface area contributed by atoms with Crippen molar-refractivity contribution < 1.29 is 18.9 Å². The average molecular weight is 473 g/mol. The molecule has 0 saturated heterocycles. The molecule has 30 heavy (non-hydrogen) atoms. The minimum atomic E-state index is -3.66. The number of benzene rings is 1. The van der Waals surface area contributed by atoms with Crippen molar-refractivity contribution in [3.05, 3.63) is 46.3 Å². The van der Waals surface area contributed by atoms with Crippen molar-refractivity contribution in [3.8, 4) is 5.75 Å². The van der Waals surface area contributed by atoms with Gasteiger partial charge in [-0.05, 0) is 42.5 Å². The monoisotopic (exact) mass is 472 g/mol. The normalized spacial score (nSPS) is 15.3. The third kappa shape index (κ3) is 6.78. The molecule has 6 N–H and O–H groups in total. The highest BCUT2D eigenvalue weighted by atomic mass is 35.5. The van der Waals surface area contributed by atoms with Crippen molar-refractivity contribution in [3.63, 3.8) is 0 Å². The number of amides is 2. The van der Waals surface area contributed by atoms with Gasteiger partial charge in [0.15, 0.2) is 9.92 Å². The van der Waals surface area contributed by atoms with E-state index in [1.54, 1.807) is 12.1 Å². The molecular formula is C19H25ClN4O4S2. The highest BCUT2D eigenvalue weighted by molar-refractivity contribution is 7.94. The number of phenols is 1. The van der Waals surface area contributed by atoms with Crippen LogP contribution < -0.4 is 16.2 Å². The van der Waals surface area contributed by atoms with Gasteiger partial charge in [0, 0.05) is 5.38 Å². The predicted octanol–water partition coefficient (Wildman–Crippen LogP) is 2.44. The Bertz CT molecular complexity index is 1010. The maximum atomic E-state index is 13.5. The third-order valence-corrected chi connectivity index (χ3v) is 7.66. The average Bonchev–Trinajstić information content (AvgIpc) is 3.10. The van der Waals surface area contributed by atoms with Crippen LogP contribution in [0.2, 0.25) is 5.02 Å². The number of phenolic OH excluding ortho intramolecular Hbond substituents is 1. The zero-order valence-electron chi connectivity index (χ0n) is 16.6. The molecule has 11 heteroatoms. The SMILES string of the molecule is CC(C)CC(N)C(=O)N=S(=O)(NC(=O)[C@@H](N)Cc1ccc(O)cc1)c1cc(Cl)cs1. The second kappa shape index (κ2) is 10.4. The topological polar surface area (TPSA) is 148 Å². The number of rotatable bonds is 8. The van der Waals surface area contributed by atoms with Gasteiger partial charge in [-0.3, -0.25) is 14.3 Å². The van der Waals surface area contributed by atoms with Crippen LogP contribution >= 0.6 is 22.9 Å². The van der Waals surface area contributed by atoms with Crippen LogP contribution in [0.15, 0.2) is 44.3 Å². The number of nitrogens with zero attached hydrogens (tertiary/aromatic N) is 1. The molecule has 0 aliphatic heterocycles. The molecule has 0 spiro atoms. The van der Waals surface area contributed by atoms with E-state index in [1.807, 2.05) is 13.8 Å². The van der Waals surface area contributed by atoms with E-state index in [4.69, 9.17) is 23.1 Å². The third-order valence-electron chi connectivity index (χ3n) is 4.04. The molecule has 2 aromatic rings. The lowest BCUT2D eigenvalue weighted by Gasteiger charge is -2.16. The van der Waals surface area contributed by atoms with Gasteiger partial charge in [0.05, 0.1) is 17.1 Å². The fourth-order valence-corrected chi connectivity index (χ4v) is 5.65. The Labute approximate surface area is 184 Å². The van der Waals surface area contributed by atoms with E-state index in [-0.39, 0.29) is 22.3 Å². The molecule has 0 fully saturated rings. The summed E-state index contributed by atoms with van der Waals surface area (Å²) >= 11 is 6.94. The summed E-state index contributed by atoms with van der Waals surface area (Å²) in [5, 5.41) is 11.2. The van der Waals surface area contributed by atoms with Crippen LogP contribution in [0, 0.1) is 5.92 Å². The minimum Gasteiger partial charge on any atom is -0.508 e. The zero-order valence-corrected chi connectivity index (χ0v) is 19.0. The molecule has 1 heterocycles. The maximum absolute atomic E-state index is 13.5. The van der Waals surface area contributed by atoms with Gasteiger partial charge in [-0.25, -0.2) is 4.21 Å². The summed E-state index contributed by atoms with van der Waals surface area (Å²) in [6.07, 6.45) is 0.491. The van der Waals surface area contributed by atoms with Crippen molar-refractivity contribution in [2.24, 2.45) is 21.7 Å². The van der Waals surface area contributed by atoms with Crippen molar-refractivity contribution in [2.45, 2.75) is 43.0 Å². The number of thiophene rings is 1. The largest absolute Gasteiger partial charge is 0.508 e. The molecule has 2 unspecified atom stereocenters. The molecule has 2 amide bonds. The molecule has 1 aromatic carbocycles. The first kappa shape index (κ1) is 24.3. The van der Waals surface area contributed by atoms with E-state index in [2.05, 4.69) is 9.08 Å². The number of halogens is 1. The van der Waals surface area contributed by atoms with Crippen molar-refractivity contribution in [1.82, 2.24) is 4.72 Å². The summed E-state index contributed by atoms with van der Waals surface area (Å²) < 4.78 is 19.7. The van der Waals surface area contributed by atoms with Crippen LogP contribution in [0.4, 0.5) is 0 Å². The first-order chi connectivity index (χ1) is 14.0. The lowest BCUT2D eigenvalue weighted by atomic mass is 10.0. The van der Waals surface area contributed by atoms with Crippen LogP contribution in [0.5, 0.6) is 5.75 Å². The van der Waals surface area contributed by atoms with Gasteiger partial charge in [-0.15, -0.1) is 15.7 Å². The summed E-state index contributed by atoms with van der Waals surface area (Å²) in [5.74, 6) is -1.29. The zero-order chi connectivity index (χ0) is 22.5. The molecule has 8 nitrogen and oxygen atoms in total. The van der Waals surface area contributed by atoms with Gasteiger partial charge in [-0.2, -0.15) is 0 Å². The molecular weight excluding hydrogens is 448 g/mol. The molecule has 0 saturated carbocycles. The molecule has 2 rings (SSSR count). The molecule has 0 radical (unpaired) electrons. The lowest BCUT2D eigenvalue weighted by molar-refractivity contribution is -0.120. The van der Waals surface area contributed by atoms with E-state index in [0.717, 1.165) is 11.3 Å². The number of hydrogen-bond donors (Lipinski definition) is 4. The minimum absolute atomic E-state index is 0.0874. The Morgan fingerprint density at radius 2 is 1.87 bits per heavy atom. The van der Waals surface area contributed by atoms with Gasteiger partial charge in [-0.1, -0.05) is 37.6 Å². The Kier molecular flexibility index (Phi) is 8.39. The van der Waals surface area contributed by atoms with E-state index >= 15 is 0 Å². The molecule has 1 aromatic heterocycles. The summed E-state index contributed by atoms with van der Waals surface area (Å²) in [6, 6.07) is 5.58. The summed E-state index contributed by atoms with van der Waals surface area (Å²) in [7, 11) is -3.66. The van der Waals surface area contributed by atoms with Gasteiger partial charge in [0.25, 0.3) is 5.91 Å². The predicted molar refractivity (Wildman–Crippen MR) is 119 cm³/mol. The van der Waals surface area contributed by atoms with Gasteiger partial charge in [0.1, 0.15) is 9.96 Å². The van der Waals surface area contributed by atoms with E-state index in [9.17, 15) is 18.9 Å². The number of hydrogen-bond acceptors (Lipinski definition) is 7. The number of carbonyl (C=O) groups is 2.